The molecule has 162 valence electrons. The van der Waals surface area contributed by atoms with E-state index in [1.54, 1.807) is 12.1 Å². The maximum absolute atomic E-state index is 9.58. The third kappa shape index (κ3) is 4.39. The van der Waals surface area contributed by atoms with E-state index in [0.717, 1.165) is 55.4 Å². The van der Waals surface area contributed by atoms with Gasteiger partial charge in [-0.15, -0.1) is 0 Å². The summed E-state index contributed by atoms with van der Waals surface area (Å²) in [5.74, 6) is 2.90. The highest BCUT2D eigenvalue weighted by atomic mass is 16.5. The Hall–Kier alpha value is -2.63. The van der Waals surface area contributed by atoms with Gasteiger partial charge in [0.1, 0.15) is 11.5 Å². The van der Waals surface area contributed by atoms with Crippen molar-refractivity contribution in [2.45, 2.75) is 31.3 Å². The van der Waals surface area contributed by atoms with E-state index in [0.29, 0.717) is 17.8 Å². The van der Waals surface area contributed by atoms with Crippen LogP contribution in [0.2, 0.25) is 0 Å². The molecule has 5 heteroatoms. The van der Waals surface area contributed by atoms with Crippen LogP contribution in [0.5, 0.6) is 11.5 Å². The predicted octanol–water partition coefficient (Wildman–Crippen LogP) is 4.20. The Morgan fingerprint density at radius 3 is 2.55 bits per heavy atom. The maximum atomic E-state index is 9.58. The molecule has 2 unspecified atom stereocenters. The summed E-state index contributed by atoms with van der Waals surface area (Å²) in [6.45, 7) is 3.34. The molecule has 0 bridgehead atoms. The SMILES string of the molecule is OCCC(CN1C[C@H]2CC(Oc3cccc4cnccc34)C[C@H]2C1)c1ccc(O)cc1. The third-order valence-electron chi connectivity index (χ3n) is 7.04. The summed E-state index contributed by atoms with van der Waals surface area (Å²) < 4.78 is 6.46. The van der Waals surface area contributed by atoms with Crippen molar-refractivity contribution in [3.05, 3.63) is 66.5 Å². The summed E-state index contributed by atoms with van der Waals surface area (Å²) in [6.07, 6.45) is 6.95. The van der Waals surface area contributed by atoms with Gasteiger partial charge in [0.15, 0.2) is 0 Å². The van der Waals surface area contributed by atoms with Crippen molar-refractivity contribution in [1.29, 1.82) is 0 Å². The fourth-order valence-corrected chi connectivity index (χ4v) is 5.54. The Morgan fingerprint density at radius 2 is 1.81 bits per heavy atom. The smallest absolute Gasteiger partial charge is 0.127 e. The molecule has 4 atom stereocenters. The number of phenolic OH excluding ortho intramolecular Hbond substituents is 1. The zero-order valence-corrected chi connectivity index (χ0v) is 17.7. The summed E-state index contributed by atoms with van der Waals surface area (Å²) in [7, 11) is 0. The topological polar surface area (TPSA) is 65.8 Å². The lowest BCUT2D eigenvalue weighted by Crippen LogP contribution is -2.29. The molecule has 2 N–H and O–H groups in total. The largest absolute Gasteiger partial charge is 0.508 e. The van der Waals surface area contributed by atoms with Gasteiger partial charge >= 0.3 is 0 Å². The number of aliphatic hydroxyl groups excluding tert-OH is 1. The average molecular weight is 419 g/mol. The quantitative estimate of drug-likeness (QED) is 0.602. The van der Waals surface area contributed by atoms with Gasteiger partial charge in [-0.2, -0.15) is 0 Å². The molecule has 0 radical (unpaired) electrons. The van der Waals surface area contributed by atoms with Gasteiger partial charge in [-0.3, -0.25) is 4.98 Å². The van der Waals surface area contributed by atoms with Crippen molar-refractivity contribution in [1.82, 2.24) is 9.88 Å². The second-order valence-electron chi connectivity index (χ2n) is 9.10. The number of nitrogens with zero attached hydrogens (tertiary/aromatic N) is 2. The van der Waals surface area contributed by atoms with Crippen LogP contribution in [-0.4, -0.2) is 52.4 Å². The van der Waals surface area contributed by atoms with Crippen molar-refractivity contribution in [2.24, 2.45) is 11.8 Å². The highest BCUT2D eigenvalue weighted by Crippen LogP contribution is 2.41. The predicted molar refractivity (Wildman–Crippen MR) is 121 cm³/mol. The number of hydrogen-bond acceptors (Lipinski definition) is 5. The molecule has 2 heterocycles. The number of aromatic hydroxyl groups is 1. The van der Waals surface area contributed by atoms with Crippen LogP contribution in [0.1, 0.15) is 30.7 Å². The number of ether oxygens (including phenoxy) is 1. The van der Waals surface area contributed by atoms with Crippen molar-refractivity contribution >= 4 is 10.8 Å². The van der Waals surface area contributed by atoms with Crippen LogP contribution in [0.15, 0.2) is 60.9 Å². The Kier molecular flexibility index (Phi) is 5.79. The number of hydrogen-bond donors (Lipinski definition) is 2. The molecule has 1 aromatic heterocycles. The van der Waals surface area contributed by atoms with Crippen LogP contribution in [0, 0.1) is 11.8 Å². The maximum Gasteiger partial charge on any atom is 0.127 e. The molecular weight excluding hydrogens is 388 g/mol. The summed E-state index contributed by atoms with van der Waals surface area (Å²) in [5.41, 5.74) is 1.19. The first-order valence-corrected chi connectivity index (χ1v) is 11.3. The molecule has 0 spiro atoms. The van der Waals surface area contributed by atoms with Crippen LogP contribution in [0.4, 0.5) is 0 Å². The number of pyridine rings is 1. The first-order chi connectivity index (χ1) is 15.2. The average Bonchev–Trinajstić information content (AvgIpc) is 3.32. The van der Waals surface area contributed by atoms with Gasteiger partial charge in [0.25, 0.3) is 0 Å². The van der Waals surface area contributed by atoms with E-state index in [1.807, 2.05) is 36.7 Å². The van der Waals surface area contributed by atoms with Gasteiger partial charge in [-0.1, -0.05) is 24.3 Å². The number of rotatable bonds is 7. The number of likely N-dealkylation sites (tertiary alicyclic amines) is 1. The molecule has 3 aromatic rings. The summed E-state index contributed by atoms with van der Waals surface area (Å²) >= 11 is 0. The summed E-state index contributed by atoms with van der Waals surface area (Å²) in [5, 5.41) is 21.4. The van der Waals surface area contributed by atoms with E-state index in [-0.39, 0.29) is 18.5 Å². The molecule has 1 aliphatic carbocycles. The number of benzene rings is 2. The Bertz CT molecular complexity index is 1000. The normalized spacial score (nSPS) is 24.4. The van der Waals surface area contributed by atoms with Crippen LogP contribution in [0.25, 0.3) is 10.8 Å². The molecular formula is C26H30N2O3. The molecule has 1 saturated heterocycles. The van der Waals surface area contributed by atoms with Crippen molar-refractivity contribution in [3.8, 4) is 11.5 Å². The van der Waals surface area contributed by atoms with E-state index in [2.05, 4.69) is 22.0 Å². The first-order valence-electron chi connectivity index (χ1n) is 11.3. The second kappa shape index (κ2) is 8.85. The fourth-order valence-electron chi connectivity index (χ4n) is 5.54. The molecule has 2 aromatic carbocycles. The lowest BCUT2D eigenvalue weighted by molar-refractivity contribution is 0.183. The van der Waals surface area contributed by atoms with E-state index in [9.17, 15) is 10.2 Å². The van der Waals surface area contributed by atoms with Crippen LogP contribution < -0.4 is 4.74 Å². The van der Waals surface area contributed by atoms with Crippen LogP contribution in [0.3, 0.4) is 0 Å². The molecule has 2 fully saturated rings. The van der Waals surface area contributed by atoms with Gasteiger partial charge in [-0.05, 0) is 66.8 Å². The highest BCUT2D eigenvalue weighted by Gasteiger charge is 2.42. The number of fused-ring (bicyclic) bond motifs is 2. The Morgan fingerprint density at radius 1 is 1.03 bits per heavy atom. The number of phenols is 1. The van der Waals surface area contributed by atoms with Crippen molar-refractivity contribution in [2.75, 3.05) is 26.2 Å². The van der Waals surface area contributed by atoms with E-state index < -0.39 is 0 Å². The molecule has 5 nitrogen and oxygen atoms in total. The van der Waals surface area contributed by atoms with Crippen LogP contribution in [-0.2, 0) is 0 Å². The van der Waals surface area contributed by atoms with E-state index in [4.69, 9.17) is 4.74 Å². The molecule has 1 saturated carbocycles. The zero-order chi connectivity index (χ0) is 21.2. The monoisotopic (exact) mass is 418 g/mol. The molecule has 31 heavy (non-hydrogen) atoms. The van der Waals surface area contributed by atoms with Gasteiger partial charge in [0.05, 0.1) is 6.10 Å². The van der Waals surface area contributed by atoms with Gasteiger partial charge in [0.2, 0.25) is 0 Å². The van der Waals surface area contributed by atoms with Crippen molar-refractivity contribution < 1.29 is 14.9 Å². The molecule has 0 amide bonds. The molecule has 1 aliphatic heterocycles. The lowest BCUT2D eigenvalue weighted by Gasteiger charge is -2.25. The van der Waals surface area contributed by atoms with E-state index >= 15 is 0 Å². The minimum atomic E-state index is 0.183. The zero-order valence-electron chi connectivity index (χ0n) is 17.7. The van der Waals surface area contributed by atoms with Crippen molar-refractivity contribution in [3.63, 3.8) is 0 Å². The molecule has 5 rings (SSSR count). The second-order valence-corrected chi connectivity index (χ2v) is 9.10. The Labute approximate surface area is 183 Å². The number of aliphatic hydroxyl groups is 1. The van der Waals surface area contributed by atoms with Crippen LogP contribution >= 0.6 is 0 Å². The lowest BCUT2D eigenvalue weighted by atomic mass is 9.95. The molecule has 2 aliphatic rings. The van der Waals surface area contributed by atoms with Gasteiger partial charge in [0, 0.05) is 49.4 Å². The minimum Gasteiger partial charge on any atom is -0.508 e. The summed E-state index contributed by atoms with van der Waals surface area (Å²) in [6, 6.07) is 15.7. The highest BCUT2D eigenvalue weighted by molar-refractivity contribution is 5.87. The Balaban J connectivity index is 1.20. The van der Waals surface area contributed by atoms with Gasteiger partial charge in [-0.25, -0.2) is 0 Å². The first kappa shape index (κ1) is 20.3. The standard InChI is InChI=1S/C26H30N2O3/c29-11-9-20(18-4-6-23(30)7-5-18)15-28-16-21-12-24(13-22(21)17-28)31-26-3-1-2-19-14-27-10-8-25(19)26/h1-8,10,14,20-22,24,29-30H,9,11-13,15-17H2/t20?,21-,22+,24?. The van der Waals surface area contributed by atoms with E-state index in [1.165, 1.54) is 5.56 Å². The fraction of sp³-hybridized carbons (Fsp3) is 0.423. The summed E-state index contributed by atoms with van der Waals surface area (Å²) in [4.78, 5) is 6.77. The third-order valence-corrected chi connectivity index (χ3v) is 7.04. The van der Waals surface area contributed by atoms with Gasteiger partial charge < -0.3 is 19.8 Å². The number of aromatic nitrogens is 1. The minimum absolute atomic E-state index is 0.183.